The number of benzene rings is 1. The van der Waals surface area contributed by atoms with Crippen LogP contribution >= 0.6 is 11.6 Å². The van der Waals surface area contributed by atoms with Crippen molar-refractivity contribution >= 4 is 17.4 Å². The van der Waals surface area contributed by atoms with Crippen LogP contribution in [-0.4, -0.2) is 12.1 Å². The monoisotopic (exact) mass is 263 g/mol. The first kappa shape index (κ1) is 13.3. The number of carbonyl (C=O) groups is 1. The minimum Gasteiger partial charge on any atom is -0.405 e. The van der Waals surface area contributed by atoms with Gasteiger partial charge in [0.2, 0.25) is 0 Å². The van der Waals surface area contributed by atoms with E-state index >= 15 is 0 Å². The summed E-state index contributed by atoms with van der Waals surface area (Å²) < 4.78 is 39.9. The Morgan fingerprint density at radius 3 is 2.47 bits per heavy atom. The summed E-state index contributed by atoms with van der Waals surface area (Å²) in [6.45, 7) is 1.07. The molecule has 90 valence electrons. The van der Waals surface area contributed by atoms with Gasteiger partial charge in [-0.2, -0.15) is 5.26 Å². The first-order valence-electron chi connectivity index (χ1n) is 4.25. The molecule has 0 unspecified atom stereocenters. The van der Waals surface area contributed by atoms with Crippen molar-refractivity contribution < 1.29 is 22.7 Å². The minimum absolute atomic E-state index is 0.104. The van der Waals surface area contributed by atoms with Crippen LogP contribution in [0, 0.1) is 11.3 Å². The Kier molecular flexibility index (Phi) is 3.63. The van der Waals surface area contributed by atoms with Crippen molar-refractivity contribution in [2.75, 3.05) is 0 Å². The molecular formula is C10H5ClF3NO2. The summed E-state index contributed by atoms with van der Waals surface area (Å²) in [4.78, 5) is 11.1. The number of ketones is 1. The van der Waals surface area contributed by atoms with Gasteiger partial charge in [-0.05, 0) is 13.0 Å². The number of rotatable bonds is 2. The fraction of sp³-hybridized carbons (Fsp3) is 0.200. The van der Waals surface area contributed by atoms with E-state index in [2.05, 4.69) is 4.74 Å². The van der Waals surface area contributed by atoms with Crippen LogP contribution in [0.25, 0.3) is 0 Å². The fourth-order valence-electron chi connectivity index (χ4n) is 1.12. The molecule has 0 fully saturated rings. The molecule has 0 spiro atoms. The number of Topliss-reactive ketones (excluding diaryl/α,β-unsaturated/α-hetero) is 1. The zero-order valence-corrected chi connectivity index (χ0v) is 9.19. The number of ether oxygens (including phenoxy) is 1. The maximum Gasteiger partial charge on any atom is 0.573 e. The smallest absolute Gasteiger partial charge is 0.405 e. The van der Waals surface area contributed by atoms with Crippen LogP contribution in [0.4, 0.5) is 13.2 Å². The van der Waals surface area contributed by atoms with Crippen molar-refractivity contribution in [2.24, 2.45) is 0 Å². The van der Waals surface area contributed by atoms with Crippen LogP contribution in [0.2, 0.25) is 5.02 Å². The summed E-state index contributed by atoms with van der Waals surface area (Å²) in [6.07, 6.45) is -4.94. The van der Waals surface area contributed by atoms with Gasteiger partial charge in [0, 0.05) is 6.07 Å². The number of nitriles is 1. The molecule has 0 radical (unpaired) electrons. The van der Waals surface area contributed by atoms with E-state index in [1.807, 2.05) is 0 Å². The third-order valence-corrected chi connectivity index (χ3v) is 2.11. The molecule has 0 aliphatic heterocycles. The van der Waals surface area contributed by atoms with E-state index in [0.29, 0.717) is 0 Å². The standard InChI is InChI=1S/C10H5ClF3NO2/c1-5(16)7-3-8(11)6(4-15)2-9(7)17-10(12,13)14/h2-3H,1H3. The molecule has 0 N–H and O–H groups in total. The number of alkyl halides is 3. The summed E-state index contributed by atoms with van der Waals surface area (Å²) >= 11 is 5.61. The molecule has 1 rings (SSSR count). The van der Waals surface area contributed by atoms with Crippen LogP contribution in [-0.2, 0) is 0 Å². The van der Waals surface area contributed by atoms with E-state index in [0.717, 1.165) is 19.1 Å². The molecule has 0 amide bonds. The maximum absolute atomic E-state index is 12.1. The van der Waals surface area contributed by atoms with Gasteiger partial charge < -0.3 is 4.74 Å². The largest absolute Gasteiger partial charge is 0.573 e. The molecule has 0 aliphatic rings. The number of carbonyl (C=O) groups excluding carboxylic acids is 1. The maximum atomic E-state index is 12.1. The number of hydrogen-bond acceptors (Lipinski definition) is 3. The Morgan fingerprint density at radius 2 is 2.06 bits per heavy atom. The molecule has 0 bridgehead atoms. The van der Waals surface area contributed by atoms with E-state index < -0.39 is 17.9 Å². The normalized spacial score (nSPS) is 10.8. The Hall–Kier alpha value is -1.74. The van der Waals surface area contributed by atoms with Gasteiger partial charge in [0.15, 0.2) is 5.78 Å². The van der Waals surface area contributed by atoms with Crippen molar-refractivity contribution in [1.29, 1.82) is 5.26 Å². The van der Waals surface area contributed by atoms with Gasteiger partial charge in [0.25, 0.3) is 0 Å². The van der Waals surface area contributed by atoms with Crippen molar-refractivity contribution in [1.82, 2.24) is 0 Å². The lowest BCUT2D eigenvalue weighted by Gasteiger charge is -2.12. The van der Waals surface area contributed by atoms with Gasteiger partial charge in [-0.1, -0.05) is 11.6 Å². The zero-order valence-electron chi connectivity index (χ0n) is 8.43. The first-order valence-corrected chi connectivity index (χ1v) is 4.62. The van der Waals surface area contributed by atoms with Crippen molar-refractivity contribution in [3.8, 4) is 11.8 Å². The zero-order chi connectivity index (χ0) is 13.2. The molecular weight excluding hydrogens is 259 g/mol. The van der Waals surface area contributed by atoms with E-state index in [4.69, 9.17) is 16.9 Å². The molecule has 3 nitrogen and oxygen atoms in total. The van der Waals surface area contributed by atoms with Crippen LogP contribution in [0.15, 0.2) is 12.1 Å². The Bertz CT molecular complexity index is 505. The van der Waals surface area contributed by atoms with Crippen LogP contribution in [0.3, 0.4) is 0 Å². The highest BCUT2D eigenvalue weighted by atomic mass is 35.5. The van der Waals surface area contributed by atoms with Gasteiger partial charge in [0.05, 0.1) is 16.1 Å². The Morgan fingerprint density at radius 1 is 1.47 bits per heavy atom. The predicted octanol–water partition coefficient (Wildman–Crippen LogP) is 3.31. The van der Waals surface area contributed by atoms with E-state index in [-0.39, 0.29) is 16.1 Å². The Labute approximate surface area is 99.4 Å². The second-order valence-corrected chi connectivity index (χ2v) is 3.45. The molecule has 17 heavy (non-hydrogen) atoms. The van der Waals surface area contributed by atoms with E-state index in [1.165, 1.54) is 0 Å². The second-order valence-electron chi connectivity index (χ2n) is 3.04. The topological polar surface area (TPSA) is 50.1 Å². The molecule has 0 aromatic heterocycles. The molecule has 0 atom stereocenters. The highest BCUT2D eigenvalue weighted by Gasteiger charge is 2.33. The van der Waals surface area contributed by atoms with E-state index in [1.54, 1.807) is 6.07 Å². The molecule has 1 aromatic rings. The van der Waals surface area contributed by atoms with Gasteiger partial charge in [0.1, 0.15) is 11.8 Å². The summed E-state index contributed by atoms with van der Waals surface area (Å²) in [5.41, 5.74) is -0.526. The first-order chi connectivity index (χ1) is 7.74. The molecule has 0 heterocycles. The molecule has 7 heteroatoms. The summed E-state index contributed by atoms with van der Waals surface area (Å²) in [6, 6.07) is 3.36. The minimum atomic E-state index is -4.94. The average Bonchev–Trinajstić information content (AvgIpc) is 2.17. The van der Waals surface area contributed by atoms with Crippen LogP contribution in [0.5, 0.6) is 5.75 Å². The SMILES string of the molecule is CC(=O)c1cc(Cl)c(C#N)cc1OC(F)(F)F. The number of hydrogen-bond donors (Lipinski definition) is 0. The Balaban J connectivity index is 3.35. The van der Waals surface area contributed by atoms with Gasteiger partial charge in [-0.25, -0.2) is 0 Å². The summed E-state index contributed by atoms with van der Waals surface area (Å²) in [7, 11) is 0. The fourth-order valence-corrected chi connectivity index (χ4v) is 1.33. The summed E-state index contributed by atoms with van der Waals surface area (Å²) in [5, 5.41) is 8.51. The highest BCUT2D eigenvalue weighted by molar-refractivity contribution is 6.32. The lowest BCUT2D eigenvalue weighted by atomic mass is 10.1. The van der Waals surface area contributed by atoms with Gasteiger partial charge in [-0.3, -0.25) is 4.79 Å². The summed E-state index contributed by atoms with van der Waals surface area (Å²) in [5.74, 6) is -1.37. The predicted molar refractivity (Wildman–Crippen MR) is 52.9 cm³/mol. The third kappa shape index (κ3) is 3.36. The lowest BCUT2D eigenvalue weighted by Crippen LogP contribution is -2.19. The van der Waals surface area contributed by atoms with Crippen LogP contribution in [0.1, 0.15) is 22.8 Å². The number of nitrogens with zero attached hydrogens (tertiary/aromatic N) is 1. The van der Waals surface area contributed by atoms with Crippen molar-refractivity contribution in [3.05, 3.63) is 28.3 Å². The molecule has 1 aromatic carbocycles. The van der Waals surface area contributed by atoms with Crippen molar-refractivity contribution in [2.45, 2.75) is 13.3 Å². The molecule has 0 aliphatic carbocycles. The second kappa shape index (κ2) is 4.63. The van der Waals surface area contributed by atoms with Gasteiger partial charge >= 0.3 is 6.36 Å². The molecule has 0 saturated heterocycles. The average molecular weight is 264 g/mol. The highest BCUT2D eigenvalue weighted by Crippen LogP contribution is 2.31. The third-order valence-electron chi connectivity index (χ3n) is 1.79. The quantitative estimate of drug-likeness (QED) is 0.769. The molecule has 0 saturated carbocycles. The van der Waals surface area contributed by atoms with E-state index in [9.17, 15) is 18.0 Å². The van der Waals surface area contributed by atoms with Crippen molar-refractivity contribution in [3.63, 3.8) is 0 Å². The number of halogens is 4. The lowest BCUT2D eigenvalue weighted by molar-refractivity contribution is -0.274. The van der Waals surface area contributed by atoms with Crippen LogP contribution < -0.4 is 4.74 Å². The van der Waals surface area contributed by atoms with Gasteiger partial charge in [-0.15, -0.1) is 13.2 Å².